The number of benzene rings is 2. The van der Waals surface area contributed by atoms with Gasteiger partial charge in [-0.3, -0.25) is 19.8 Å². The van der Waals surface area contributed by atoms with E-state index in [0.29, 0.717) is 0 Å². The van der Waals surface area contributed by atoms with Crippen LogP contribution >= 0.6 is 0 Å². The number of furan rings is 1. The van der Waals surface area contributed by atoms with Crippen LogP contribution in [0, 0.1) is 10.1 Å². The highest BCUT2D eigenvalue weighted by molar-refractivity contribution is 6.14. The number of imide groups is 1. The molecule has 12 nitrogen and oxygen atoms in total. The molecule has 0 radical (unpaired) electrons. The van der Waals surface area contributed by atoms with Crippen molar-refractivity contribution in [3.63, 3.8) is 0 Å². The molecule has 0 saturated carbocycles. The van der Waals surface area contributed by atoms with Gasteiger partial charge >= 0.3 is 18.0 Å². The fourth-order valence-corrected chi connectivity index (χ4v) is 3.29. The van der Waals surface area contributed by atoms with E-state index in [1.54, 1.807) is 18.2 Å². The highest BCUT2D eigenvalue weighted by Crippen LogP contribution is 2.28. The third-order valence-corrected chi connectivity index (χ3v) is 5.04. The lowest BCUT2D eigenvalue weighted by Gasteiger charge is -2.09. The molecule has 1 fully saturated rings. The van der Waals surface area contributed by atoms with Crippen molar-refractivity contribution in [3.8, 4) is 5.75 Å². The van der Waals surface area contributed by atoms with Crippen LogP contribution < -0.4 is 10.1 Å². The number of carbonyl (C=O) groups excluding carboxylic acids is 4. The van der Waals surface area contributed by atoms with Gasteiger partial charge in [0.1, 0.15) is 17.2 Å². The number of nitro benzene ring substituents is 1. The normalized spacial score (nSPS) is 14.0. The van der Waals surface area contributed by atoms with Crippen LogP contribution in [-0.4, -0.2) is 40.8 Å². The quantitative estimate of drug-likeness (QED) is 0.131. The predicted molar refractivity (Wildman–Crippen MR) is 122 cm³/mol. The third kappa shape index (κ3) is 4.97. The van der Waals surface area contributed by atoms with Gasteiger partial charge in [0, 0.05) is 17.7 Å². The number of urea groups is 1. The number of carbonyl (C=O) groups is 4. The topological polar surface area (TPSA) is 158 Å². The second kappa shape index (κ2) is 9.93. The van der Waals surface area contributed by atoms with Gasteiger partial charge in [-0.15, -0.1) is 0 Å². The van der Waals surface area contributed by atoms with Gasteiger partial charge in [-0.25, -0.2) is 14.4 Å². The van der Waals surface area contributed by atoms with Gasteiger partial charge in [0.15, 0.2) is 0 Å². The van der Waals surface area contributed by atoms with Crippen molar-refractivity contribution in [2.75, 3.05) is 7.11 Å². The number of rotatable bonds is 7. The van der Waals surface area contributed by atoms with Crippen molar-refractivity contribution >= 4 is 35.6 Å². The zero-order valence-corrected chi connectivity index (χ0v) is 18.6. The minimum absolute atomic E-state index is 0.0185. The molecule has 0 unspecified atom stereocenters. The Morgan fingerprint density at radius 2 is 1.83 bits per heavy atom. The number of hydrogen-bond acceptors (Lipinski definition) is 9. The maximum absolute atomic E-state index is 12.9. The van der Waals surface area contributed by atoms with E-state index in [0.717, 1.165) is 17.0 Å². The Bertz CT molecular complexity index is 1410. The SMILES string of the molecule is COC(=O)c1ccc(CN2C(=O)N/C(=C\c3cc([N+](=O)[O-])ccc3OC(=O)c3ccccc3)C2=O)o1. The van der Waals surface area contributed by atoms with Crippen LogP contribution in [0.15, 0.2) is 70.8 Å². The monoisotopic (exact) mass is 491 g/mol. The number of hydrogen-bond donors (Lipinski definition) is 1. The molecule has 182 valence electrons. The molecule has 1 saturated heterocycles. The van der Waals surface area contributed by atoms with Gasteiger partial charge < -0.3 is 19.2 Å². The van der Waals surface area contributed by atoms with E-state index in [1.807, 2.05) is 0 Å². The second-order valence-electron chi connectivity index (χ2n) is 7.37. The molecule has 1 aliphatic heterocycles. The standard InChI is InChI=1S/C24H17N3O9/c1-34-23(30)20-10-8-17(35-20)13-26-21(28)18(25-24(26)31)12-15-11-16(27(32)33)7-9-19(15)36-22(29)14-5-3-2-4-6-14/h2-12H,13H2,1H3,(H,25,31)/b18-12-. The van der Waals surface area contributed by atoms with Crippen molar-refractivity contribution in [2.24, 2.45) is 0 Å². The molecule has 3 aromatic rings. The van der Waals surface area contributed by atoms with E-state index in [4.69, 9.17) is 9.15 Å². The molecule has 2 heterocycles. The Kier molecular flexibility index (Phi) is 6.59. The van der Waals surface area contributed by atoms with E-state index >= 15 is 0 Å². The average Bonchev–Trinajstić information content (AvgIpc) is 3.45. The van der Waals surface area contributed by atoms with Crippen molar-refractivity contribution in [2.45, 2.75) is 6.54 Å². The van der Waals surface area contributed by atoms with Crippen LogP contribution in [0.3, 0.4) is 0 Å². The van der Waals surface area contributed by atoms with Crippen LogP contribution in [-0.2, 0) is 16.1 Å². The first-order valence-corrected chi connectivity index (χ1v) is 10.3. The summed E-state index contributed by atoms with van der Waals surface area (Å²) < 4.78 is 15.2. The molecule has 36 heavy (non-hydrogen) atoms. The third-order valence-electron chi connectivity index (χ3n) is 5.04. The number of non-ortho nitro benzene ring substituents is 1. The largest absolute Gasteiger partial charge is 0.463 e. The Morgan fingerprint density at radius 1 is 1.08 bits per heavy atom. The van der Waals surface area contributed by atoms with Gasteiger partial charge in [-0.1, -0.05) is 18.2 Å². The summed E-state index contributed by atoms with van der Waals surface area (Å²) in [5.74, 6) is -2.21. The molecule has 1 aliphatic rings. The van der Waals surface area contributed by atoms with Gasteiger partial charge in [-0.2, -0.15) is 0 Å². The fraction of sp³-hybridized carbons (Fsp3) is 0.0833. The Balaban J connectivity index is 1.61. The number of esters is 2. The fourth-order valence-electron chi connectivity index (χ4n) is 3.29. The lowest BCUT2D eigenvalue weighted by Crippen LogP contribution is -2.30. The molecule has 0 spiro atoms. The molecule has 1 aromatic heterocycles. The maximum Gasteiger partial charge on any atom is 0.373 e. The zero-order chi connectivity index (χ0) is 25.8. The lowest BCUT2D eigenvalue weighted by atomic mass is 10.1. The summed E-state index contributed by atoms with van der Waals surface area (Å²) in [4.78, 5) is 60.8. The number of methoxy groups -OCH3 is 1. The predicted octanol–water partition coefficient (Wildman–Crippen LogP) is 3.29. The molecule has 2 aromatic carbocycles. The highest BCUT2D eigenvalue weighted by atomic mass is 16.6. The summed E-state index contributed by atoms with van der Waals surface area (Å²) in [7, 11) is 1.18. The van der Waals surface area contributed by atoms with Gasteiger partial charge in [0.05, 0.1) is 24.1 Å². The van der Waals surface area contributed by atoms with Crippen LogP contribution in [0.5, 0.6) is 5.75 Å². The molecular formula is C24H17N3O9. The number of amides is 3. The minimum Gasteiger partial charge on any atom is -0.463 e. The Hall–Kier alpha value is -5.26. The Labute approximate surface area is 202 Å². The highest BCUT2D eigenvalue weighted by Gasteiger charge is 2.35. The molecule has 0 atom stereocenters. The first kappa shape index (κ1) is 23.9. The van der Waals surface area contributed by atoms with E-state index in [1.165, 1.54) is 43.5 Å². The van der Waals surface area contributed by atoms with E-state index < -0.39 is 28.8 Å². The smallest absolute Gasteiger partial charge is 0.373 e. The second-order valence-corrected chi connectivity index (χ2v) is 7.37. The summed E-state index contributed by atoms with van der Waals surface area (Å²) in [6, 6.07) is 13.5. The summed E-state index contributed by atoms with van der Waals surface area (Å²) >= 11 is 0. The zero-order valence-electron chi connectivity index (χ0n) is 18.6. The van der Waals surface area contributed by atoms with Crippen LogP contribution in [0.2, 0.25) is 0 Å². The number of nitro groups is 1. The molecule has 1 N–H and O–H groups in total. The van der Waals surface area contributed by atoms with Crippen LogP contribution in [0.25, 0.3) is 6.08 Å². The van der Waals surface area contributed by atoms with Gasteiger partial charge in [-0.05, 0) is 36.4 Å². The Morgan fingerprint density at radius 3 is 2.53 bits per heavy atom. The van der Waals surface area contributed by atoms with E-state index in [-0.39, 0.29) is 46.3 Å². The summed E-state index contributed by atoms with van der Waals surface area (Å²) in [6.07, 6.45) is 1.17. The molecule has 0 aliphatic carbocycles. The van der Waals surface area contributed by atoms with Gasteiger partial charge in [0.25, 0.3) is 11.6 Å². The first-order chi connectivity index (χ1) is 17.3. The average molecular weight is 491 g/mol. The summed E-state index contributed by atoms with van der Waals surface area (Å²) in [5.41, 5.74) is -0.265. The summed E-state index contributed by atoms with van der Waals surface area (Å²) in [6.45, 7) is -0.288. The lowest BCUT2D eigenvalue weighted by molar-refractivity contribution is -0.384. The van der Waals surface area contributed by atoms with Crippen molar-refractivity contribution < 1.29 is 38.0 Å². The van der Waals surface area contributed by atoms with Crippen molar-refractivity contribution in [1.82, 2.24) is 10.2 Å². The molecule has 4 rings (SSSR count). The molecule has 12 heteroatoms. The molecular weight excluding hydrogens is 474 g/mol. The molecule has 3 amide bonds. The van der Waals surface area contributed by atoms with Crippen LogP contribution in [0.4, 0.5) is 10.5 Å². The van der Waals surface area contributed by atoms with Crippen LogP contribution in [0.1, 0.15) is 32.2 Å². The van der Waals surface area contributed by atoms with E-state index in [9.17, 15) is 29.3 Å². The molecule has 0 bridgehead atoms. The summed E-state index contributed by atoms with van der Waals surface area (Å²) in [5, 5.41) is 13.7. The van der Waals surface area contributed by atoms with Gasteiger partial charge in [0.2, 0.25) is 5.76 Å². The van der Waals surface area contributed by atoms with Crippen molar-refractivity contribution in [3.05, 3.63) is 99.1 Å². The van der Waals surface area contributed by atoms with Crippen molar-refractivity contribution in [1.29, 1.82) is 0 Å². The number of ether oxygens (including phenoxy) is 2. The van der Waals surface area contributed by atoms with E-state index in [2.05, 4.69) is 10.1 Å². The number of nitrogens with zero attached hydrogens (tertiary/aromatic N) is 2. The minimum atomic E-state index is -0.782. The first-order valence-electron chi connectivity index (χ1n) is 10.3. The maximum atomic E-state index is 12.9. The number of nitrogens with one attached hydrogen (secondary N) is 1.